The largest absolute Gasteiger partial charge is 0.465 e. The second-order valence-corrected chi connectivity index (χ2v) is 4.87. The zero-order chi connectivity index (χ0) is 17.5. The predicted octanol–water partition coefficient (Wildman–Crippen LogP) is 2.56. The molecule has 1 heterocycles. The molecule has 0 aliphatic carbocycles. The summed E-state index contributed by atoms with van der Waals surface area (Å²) in [5.41, 5.74) is 7.13. The van der Waals surface area contributed by atoms with Crippen LogP contribution in [0.3, 0.4) is 0 Å². The predicted molar refractivity (Wildman–Crippen MR) is 87.9 cm³/mol. The summed E-state index contributed by atoms with van der Waals surface area (Å²) in [5.74, 6) is 0.444. The fraction of sp³-hybridized carbons (Fsp3) is 0.294. The average molecular weight is 329 g/mol. The highest BCUT2D eigenvalue weighted by Crippen LogP contribution is 2.31. The lowest BCUT2D eigenvalue weighted by Crippen LogP contribution is -2.09. The lowest BCUT2D eigenvalue weighted by atomic mass is 10.2. The highest BCUT2D eigenvalue weighted by Gasteiger charge is 2.15. The second kappa shape index (κ2) is 8.04. The molecule has 2 rings (SSSR count). The van der Waals surface area contributed by atoms with Crippen LogP contribution >= 0.6 is 0 Å². The summed E-state index contributed by atoms with van der Waals surface area (Å²) in [6, 6.07) is 10.1. The first-order chi connectivity index (χ1) is 11.6. The maximum atomic E-state index is 11.4. The average Bonchev–Trinajstić information content (AvgIpc) is 2.90. The third kappa shape index (κ3) is 3.86. The van der Waals surface area contributed by atoms with Gasteiger partial charge in [0.1, 0.15) is 17.5 Å². The van der Waals surface area contributed by atoms with Crippen LogP contribution in [0.2, 0.25) is 0 Å². The van der Waals surface area contributed by atoms with Crippen molar-refractivity contribution in [1.29, 1.82) is 5.26 Å². The van der Waals surface area contributed by atoms with E-state index in [4.69, 9.17) is 15.2 Å². The molecule has 0 fully saturated rings. The first-order valence-electron chi connectivity index (χ1n) is 7.43. The fourth-order valence-electron chi connectivity index (χ4n) is 2.17. The molecule has 0 bridgehead atoms. The van der Waals surface area contributed by atoms with E-state index in [1.54, 1.807) is 34.9 Å². The zero-order valence-electron chi connectivity index (χ0n) is 13.6. The van der Waals surface area contributed by atoms with Crippen LogP contribution in [0.15, 0.2) is 30.3 Å². The van der Waals surface area contributed by atoms with Crippen molar-refractivity contribution in [2.75, 3.05) is 26.1 Å². The van der Waals surface area contributed by atoms with Gasteiger partial charge in [-0.2, -0.15) is 5.26 Å². The molecule has 0 saturated heterocycles. The number of hydrogen-bond donors (Lipinski definition) is 1. The highest BCUT2D eigenvalue weighted by molar-refractivity contribution is 5.89. The van der Waals surface area contributed by atoms with Crippen LogP contribution in [-0.4, -0.2) is 30.9 Å². The van der Waals surface area contributed by atoms with E-state index in [1.165, 1.54) is 7.11 Å². The summed E-state index contributed by atoms with van der Waals surface area (Å²) in [6.45, 7) is 3.37. The number of carbonyl (C=O) groups is 1. The van der Waals surface area contributed by atoms with Crippen molar-refractivity contribution in [1.82, 2.24) is 4.57 Å². The first-order valence-corrected chi connectivity index (χ1v) is 7.43. The van der Waals surface area contributed by atoms with E-state index in [0.717, 1.165) is 0 Å². The Hall–Kier alpha value is -2.98. The van der Waals surface area contributed by atoms with Gasteiger partial charge in [0.2, 0.25) is 5.88 Å². The lowest BCUT2D eigenvalue weighted by molar-refractivity contribution is 0.0600. The van der Waals surface area contributed by atoms with E-state index in [1.807, 2.05) is 6.92 Å². The molecule has 0 aliphatic rings. The maximum Gasteiger partial charge on any atom is 0.337 e. The molecular formula is C17H19N3O4. The number of nitrogens with zero attached hydrogens (tertiary/aromatic N) is 2. The number of benzene rings is 1. The minimum Gasteiger partial charge on any atom is -0.465 e. The number of ether oxygens (including phenoxy) is 3. The number of nitrogens with two attached hydrogens (primary N) is 1. The van der Waals surface area contributed by atoms with Gasteiger partial charge in [-0.15, -0.1) is 0 Å². The van der Waals surface area contributed by atoms with E-state index < -0.39 is 5.97 Å². The number of rotatable bonds is 7. The van der Waals surface area contributed by atoms with E-state index in [0.29, 0.717) is 48.3 Å². The number of hydrogen-bond acceptors (Lipinski definition) is 6. The Bertz CT molecular complexity index is 744. The van der Waals surface area contributed by atoms with Gasteiger partial charge in [-0.25, -0.2) is 4.79 Å². The van der Waals surface area contributed by atoms with Crippen molar-refractivity contribution in [3.63, 3.8) is 0 Å². The summed E-state index contributed by atoms with van der Waals surface area (Å²) in [4.78, 5) is 11.4. The highest BCUT2D eigenvalue weighted by atomic mass is 16.5. The van der Waals surface area contributed by atoms with Gasteiger partial charge in [0.25, 0.3) is 0 Å². The molecule has 1 aromatic carbocycles. The number of nitrogen functional groups attached to an aromatic ring is 1. The number of nitriles is 1. The first kappa shape index (κ1) is 17.4. The molecule has 24 heavy (non-hydrogen) atoms. The lowest BCUT2D eigenvalue weighted by Gasteiger charge is -2.12. The molecule has 7 nitrogen and oxygen atoms in total. The smallest absolute Gasteiger partial charge is 0.337 e. The number of methoxy groups -OCH3 is 1. The van der Waals surface area contributed by atoms with Crippen molar-refractivity contribution in [3.05, 3.63) is 41.6 Å². The molecule has 0 unspecified atom stereocenters. The van der Waals surface area contributed by atoms with Gasteiger partial charge in [0.15, 0.2) is 0 Å². The Balaban J connectivity index is 2.23. The van der Waals surface area contributed by atoms with Gasteiger partial charge in [-0.3, -0.25) is 4.57 Å². The van der Waals surface area contributed by atoms with Crippen LogP contribution in [-0.2, 0) is 16.0 Å². The number of anilines is 1. The summed E-state index contributed by atoms with van der Waals surface area (Å²) in [5, 5.41) is 9.23. The summed E-state index contributed by atoms with van der Waals surface area (Å²) in [6.07, 6.45) is 0. The van der Waals surface area contributed by atoms with Crippen molar-refractivity contribution in [3.8, 4) is 17.7 Å². The van der Waals surface area contributed by atoms with Gasteiger partial charge < -0.3 is 19.9 Å². The summed E-state index contributed by atoms with van der Waals surface area (Å²) < 4.78 is 17.4. The van der Waals surface area contributed by atoms with Gasteiger partial charge >= 0.3 is 5.97 Å². The number of carbonyl (C=O) groups excluding carboxylic acids is 1. The van der Waals surface area contributed by atoms with Crippen LogP contribution in [0.4, 0.5) is 5.69 Å². The quantitative estimate of drug-likeness (QED) is 0.619. The van der Waals surface area contributed by atoms with Crippen LogP contribution in [0, 0.1) is 11.3 Å². The van der Waals surface area contributed by atoms with Crippen LogP contribution in [0.1, 0.15) is 23.0 Å². The third-order valence-corrected chi connectivity index (χ3v) is 3.34. The third-order valence-electron chi connectivity index (χ3n) is 3.34. The monoisotopic (exact) mass is 329 g/mol. The molecule has 7 heteroatoms. The Morgan fingerprint density at radius 3 is 2.62 bits per heavy atom. The molecule has 0 spiro atoms. The Labute approximate surface area is 140 Å². The fourth-order valence-corrected chi connectivity index (χ4v) is 2.17. The Morgan fingerprint density at radius 2 is 2.04 bits per heavy atom. The van der Waals surface area contributed by atoms with Crippen LogP contribution in [0.5, 0.6) is 11.6 Å². The van der Waals surface area contributed by atoms with E-state index in [2.05, 4.69) is 10.8 Å². The van der Waals surface area contributed by atoms with E-state index in [9.17, 15) is 10.1 Å². The molecule has 1 aromatic heterocycles. The van der Waals surface area contributed by atoms with Gasteiger partial charge in [0.05, 0.1) is 31.5 Å². The Kier molecular flexibility index (Phi) is 5.82. The molecule has 0 saturated carbocycles. The van der Waals surface area contributed by atoms with Crippen molar-refractivity contribution < 1.29 is 19.0 Å². The zero-order valence-corrected chi connectivity index (χ0v) is 13.6. The number of aromatic nitrogens is 1. The normalized spacial score (nSPS) is 10.2. The molecule has 2 N–H and O–H groups in total. The standard InChI is InChI=1S/C17H19N3O4/c1-3-23-9-8-20-13(11-18)10-15(19)16(20)24-14-6-4-12(5-7-14)17(21)22-2/h4-7,10H,3,8-9,19H2,1-2H3. The van der Waals surface area contributed by atoms with Crippen molar-refractivity contribution in [2.45, 2.75) is 13.5 Å². The summed E-state index contributed by atoms with van der Waals surface area (Å²) >= 11 is 0. The minimum atomic E-state index is -0.423. The number of esters is 1. The van der Waals surface area contributed by atoms with Gasteiger partial charge in [-0.1, -0.05) is 0 Å². The van der Waals surface area contributed by atoms with E-state index >= 15 is 0 Å². The molecule has 0 aliphatic heterocycles. The molecule has 0 amide bonds. The molecule has 0 atom stereocenters. The Morgan fingerprint density at radius 1 is 1.33 bits per heavy atom. The van der Waals surface area contributed by atoms with Gasteiger partial charge in [0, 0.05) is 12.7 Å². The topological polar surface area (TPSA) is 99.5 Å². The molecule has 2 aromatic rings. The van der Waals surface area contributed by atoms with Crippen molar-refractivity contribution in [2.24, 2.45) is 0 Å². The van der Waals surface area contributed by atoms with Crippen LogP contribution < -0.4 is 10.5 Å². The van der Waals surface area contributed by atoms with Crippen molar-refractivity contribution >= 4 is 11.7 Å². The SMILES string of the molecule is CCOCCn1c(C#N)cc(N)c1Oc1ccc(C(=O)OC)cc1. The molecule has 126 valence electrons. The second-order valence-electron chi connectivity index (χ2n) is 4.87. The van der Waals surface area contributed by atoms with Crippen LogP contribution in [0.25, 0.3) is 0 Å². The van der Waals surface area contributed by atoms with Gasteiger partial charge in [-0.05, 0) is 31.2 Å². The maximum absolute atomic E-state index is 11.4. The molecule has 0 radical (unpaired) electrons. The minimum absolute atomic E-state index is 0.361. The van der Waals surface area contributed by atoms with E-state index in [-0.39, 0.29) is 0 Å². The summed E-state index contributed by atoms with van der Waals surface area (Å²) in [7, 11) is 1.32. The molecular weight excluding hydrogens is 310 g/mol.